The highest BCUT2D eigenvalue weighted by molar-refractivity contribution is 6.32. The number of methoxy groups -OCH3 is 2. The molecule has 0 fully saturated rings. The van der Waals surface area contributed by atoms with Gasteiger partial charge in [0.25, 0.3) is 5.91 Å². The molecule has 2 rings (SSSR count). The van der Waals surface area contributed by atoms with Crippen molar-refractivity contribution in [1.82, 2.24) is 0 Å². The normalized spacial score (nSPS) is 11.9. The van der Waals surface area contributed by atoms with Crippen molar-refractivity contribution in [3.05, 3.63) is 52.8 Å². The lowest BCUT2D eigenvalue weighted by molar-refractivity contribution is -0.126. The van der Waals surface area contributed by atoms with Crippen molar-refractivity contribution in [2.75, 3.05) is 19.5 Å². The summed E-state index contributed by atoms with van der Waals surface area (Å²) in [6, 6.07) is 8.70. The van der Waals surface area contributed by atoms with Gasteiger partial charge in [0, 0.05) is 11.3 Å². The first kappa shape index (κ1) is 19.5. The van der Waals surface area contributed by atoms with Crippen LogP contribution in [-0.2, 0) is 9.63 Å². The number of halogens is 2. The van der Waals surface area contributed by atoms with Gasteiger partial charge in [-0.25, -0.2) is 4.39 Å². The summed E-state index contributed by atoms with van der Waals surface area (Å²) in [7, 11) is 2.98. The van der Waals surface area contributed by atoms with Crippen LogP contribution in [-0.4, -0.2) is 32.4 Å². The monoisotopic (exact) mass is 380 g/mol. The molecular weight excluding hydrogens is 363 g/mol. The molecule has 0 aliphatic rings. The Morgan fingerprint density at radius 2 is 1.92 bits per heavy atom. The molecule has 0 radical (unpaired) electrons. The van der Waals surface area contributed by atoms with Crippen LogP contribution >= 0.6 is 11.6 Å². The van der Waals surface area contributed by atoms with E-state index in [4.69, 9.17) is 25.9 Å². The number of oxime groups is 1. The van der Waals surface area contributed by atoms with Crippen molar-refractivity contribution in [3.8, 4) is 11.5 Å². The van der Waals surface area contributed by atoms with Gasteiger partial charge in [-0.2, -0.15) is 0 Å². The number of carbonyl (C=O) groups excluding carboxylic acids is 1. The second kappa shape index (κ2) is 9.05. The number of rotatable bonds is 7. The standard InChI is InChI=1S/C18H18ClFN2O4/c1-11(18(23)22-14-6-4-13(20)5-7-14)26-21-10-12-8-15(19)17(25-3)16(9-12)24-2/h4-11H,1-3H3,(H,22,23)/b21-10-/t11-/m0/s1. The highest BCUT2D eigenvalue weighted by Gasteiger charge is 2.14. The van der Waals surface area contributed by atoms with Crippen molar-refractivity contribution >= 4 is 29.4 Å². The van der Waals surface area contributed by atoms with Crippen molar-refractivity contribution < 1.29 is 23.5 Å². The van der Waals surface area contributed by atoms with Crippen LogP contribution in [0.1, 0.15) is 12.5 Å². The number of anilines is 1. The van der Waals surface area contributed by atoms with Crippen LogP contribution in [0.5, 0.6) is 11.5 Å². The Morgan fingerprint density at radius 1 is 1.23 bits per heavy atom. The third-order valence-corrected chi connectivity index (χ3v) is 3.64. The largest absolute Gasteiger partial charge is 0.493 e. The summed E-state index contributed by atoms with van der Waals surface area (Å²) in [6.45, 7) is 1.54. The zero-order chi connectivity index (χ0) is 19.1. The van der Waals surface area contributed by atoms with E-state index in [1.165, 1.54) is 51.6 Å². The van der Waals surface area contributed by atoms with E-state index in [-0.39, 0.29) is 5.82 Å². The molecule has 1 atom stereocenters. The van der Waals surface area contributed by atoms with Gasteiger partial charge in [-0.15, -0.1) is 0 Å². The van der Waals surface area contributed by atoms with Crippen molar-refractivity contribution in [1.29, 1.82) is 0 Å². The molecule has 0 aliphatic heterocycles. The number of amides is 1. The average molecular weight is 381 g/mol. The van der Waals surface area contributed by atoms with Gasteiger partial charge in [0.2, 0.25) is 6.10 Å². The van der Waals surface area contributed by atoms with Crippen LogP contribution in [0.4, 0.5) is 10.1 Å². The number of hydrogen-bond acceptors (Lipinski definition) is 5. The van der Waals surface area contributed by atoms with Gasteiger partial charge in [0.1, 0.15) is 5.82 Å². The highest BCUT2D eigenvalue weighted by atomic mass is 35.5. The number of carbonyl (C=O) groups is 1. The van der Waals surface area contributed by atoms with Crippen LogP contribution in [0.2, 0.25) is 5.02 Å². The van der Waals surface area contributed by atoms with Gasteiger partial charge >= 0.3 is 0 Å². The fraction of sp³-hybridized carbons (Fsp3) is 0.222. The highest BCUT2D eigenvalue weighted by Crippen LogP contribution is 2.35. The second-order valence-electron chi connectivity index (χ2n) is 5.22. The third-order valence-electron chi connectivity index (χ3n) is 3.36. The molecule has 1 N–H and O–H groups in total. The number of benzene rings is 2. The lowest BCUT2D eigenvalue weighted by atomic mass is 10.2. The maximum absolute atomic E-state index is 12.9. The Labute approximate surface area is 155 Å². The minimum Gasteiger partial charge on any atom is -0.493 e. The summed E-state index contributed by atoms with van der Waals surface area (Å²) in [5.41, 5.74) is 1.07. The second-order valence-corrected chi connectivity index (χ2v) is 5.62. The lowest BCUT2D eigenvalue weighted by Crippen LogP contribution is -2.26. The summed E-state index contributed by atoms with van der Waals surface area (Å²) in [6.07, 6.45) is 0.544. The molecule has 2 aromatic rings. The number of nitrogens with one attached hydrogen (secondary N) is 1. The summed E-state index contributed by atoms with van der Waals surface area (Å²) < 4.78 is 23.2. The molecule has 0 heterocycles. The smallest absolute Gasteiger partial charge is 0.267 e. The average Bonchev–Trinajstić information content (AvgIpc) is 2.62. The van der Waals surface area contributed by atoms with E-state index in [0.29, 0.717) is 27.8 Å². The van der Waals surface area contributed by atoms with Crippen molar-refractivity contribution in [2.45, 2.75) is 13.0 Å². The molecule has 0 bridgehead atoms. The molecule has 2 aromatic carbocycles. The molecule has 8 heteroatoms. The summed E-state index contributed by atoms with van der Waals surface area (Å²) in [5.74, 6) is 0.0624. The molecule has 0 aliphatic carbocycles. The maximum Gasteiger partial charge on any atom is 0.267 e. The van der Waals surface area contributed by atoms with Crippen LogP contribution in [0.3, 0.4) is 0 Å². The maximum atomic E-state index is 12.9. The Morgan fingerprint density at radius 3 is 2.54 bits per heavy atom. The van der Waals surface area contributed by atoms with Crippen molar-refractivity contribution in [2.24, 2.45) is 5.16 Å². The molecule has 138 valence electrons. The van der Waals surface area contributed by atoms with Crippen molar-refractivity contribution in [3.63, 3.8) is 0 Å². The molecule has 0 saturated heterocycles. The quantitative estimate of drug-likeness (QED) is 0.584. The van der Waals surface area contributed by atoms with Gasteiger partial charge in [0.15, 0.2) is 11.5 Å². The Kier molecular flexibility index (Phi) is 6.80. The number of hydrogen-bond donors (Lipinski definition) is 1. The summed E-state index contributed by atoms with van der Waals surface area (Å²) in [4.78, 5) is 17.2. The predicted octanol–water partition coefficient (Wildman–Crippen LogP) is 3.87. The Balaban J connectivity index is 1.97. The zero-order valence-electron chi connectivity index (χ0n) is 14.5. The molecule has 0 aromatic heterocycles. The first-order chi connectivity index (χ1) is 12.4. The molecular formula is C18H18ClFN2O4. The molecule has 26 heavy (non-hydrogen) atoms. The lowest BCUT2D eigenvalue weighted by Gasteiger charge is -2.11. The summed E-state index contributed by atoms with van der Waals surface area (Å²) >= 11 is 6.11. The van der Waals surface area contributed by atoms with Gasteiger partial charge in [-0.05, 0) is 43.3 Å². The third kappa shape index (κ3) is 5.10. The first-order valence-corrected chi connectivity index (χ1v) is 7.99. The molecule has 0 spiro atoms. The van der Waals surface area contributed by atoms with Gasteiger partial charge in [-0.3, -0.25) is 4.79 Å². The van der Waals surface area contributed by atoms with Gasteiger partial charge in [-0.1, -0.05) is 16.8 Å². The van der Waals surface area contributed by atoms with E-state index < -0.39 is 12.0 Å². The molecule has 0 saturated carbocycles. The Hall–Kier alpha value is -2.80. The number of ether oxygens (including phenoxy) is 2. The van der Waals surface area contributed by atoms with E-state index >= 15 is 0 Å². The van der Waals surface area contributed by atoms with Gasteiger partial charge in [0.05, 0.1) is 25.5 Å². The van der Waals surface area contributed by atoms with E-state index in [1.807, 2.05) is 0 Å². The van der Waals surface area contributed by atoms with Crippen LogP contribution in [0.15, 0.2) is 41.6 Å². The van der Waals surface area contributed by atoms with Crippen LogP contribution in [0.25, 0.3) is 0 Å². The predicted molar refractivity (Wildman–Crippen MR) is 97.7 cm³/mol. The fourth-order valence-electron chi connectivity index (χ4n) is 2.02. The summed E-state index contributed by atoms with van der Waals surface area (Å²) in [5, 5.41) is 6.74. The first-order valence-electron chi connectivity index (χ1n) is 7.61. The Bertz CT molecular complexity index is 797. The zero-order valence-corrected chi connectivity index (χ0v) is 15.2. The molecule has 6 nitrogen and oxygen atoms in total. The van der Waals surface area contributed by atoms with E-state index in [1.54, 1.807) is 12.1 Å². The van der Waals surface area contributed by atoms with E-state index in [9.17, 15) is 9.18 Å². The van der Waals surface area contributed by atoms with Crippen LogP contribution < -0.4 is 14.8 Å². The topological polar surface area (TPSA) is 69.2 Å². The van der Waals surface area contributed by atoms with E-state index in [0.717, 1.165) is 0 Å². The molecule has 1 amide bonds. The SMILES string of the molecule is COc1cc(/C=N\O[C@@H](C)C(=O)Nc2ccc(F)cc2)cc(Cl)c1OC. The minimum atomic E-state index is -0.855. The fourth-order valence-corrected chi connectivity index (χ4v) is 2.32. The van der Waals surface area contributed by atoms with E-state index in [2.05, 4.69) is 10.5 Å². The van der Waals surface area contributed by atoms with Crippen LogP contribution in [0, 0.1) is 5.82 Å². The van der Waals surface area contributed by atoms with Gasteiger partial charge < -0.3 is 19.6 Å². The number of nitrogens with zero attached hydrogens (tertiary/aromatic N) is 1. The minimum absolute atomic E-state index is 0.357. The molecule has 0 unspecified atom stereocenters.